The van der Waals surface area contributed by atoms with Crippen LogP contribution in [0.4, 0.5) is 0 Å². The fourth-order valence-electron chi connectivity index (χ4n) is 0.860. The molecule has 0 aromatic heterocycles. The predicted octanol–water partition coefficient (Wildman–Crippen LogP) is -0.839. The van der Waals surface area contributed by atoms with Crippen molar-refractivity contribution >= 4 is 0 Å². The zero-order chi connectivity index (χ0) is 9.40. The van der Waals surface area contributed by atoms with Crippen molar-refractivity contribution in [3.05, 3.63) is 0 Å². The van der Waals surface area contributed by atoms with Crippen molar-refractivity contribution < 1.29 is 0 Å². The van der Waals surface area contributed by atoms with E-state index in [0.29, 0.717) is 0 Å². The number of nitrogens with one attached hydrogen (secondary N) is 1. The number of rotatable bonds is 7. The molecule has 0 saturated carbocycles. The van der Waals surface area contributed by atoms with Gasteiger partial charge in [-0.2, -0.15) is 0 Å². The second-order valence-corrected chi connectivity index (χ2v) is 3.21. The SMILES string of the molecule is CN(C)C(N)CCNCCCN. The van der Waals surface area contributed by atoms with Crippen molar-refractivity contribution in [2.24, 2.45) is 11.5 Å². The molecule has 0 radical (unpaired) electrons. The molecule has 0 aromatic rings. The third-order valence-corrected chi connectivity index (χ3v) is 1.84. The molecule has 12 heavy (non-hydrogen) atoms. The van der Waals surface area contributed by atoms with E-state index >= 15 is 0 Å². The Labute approximate surface area is 75.3 Å². The lowest BCUT2D eigenvalue weighted by atomic mass is 10.3. The maximum Gasteiger partial charge on any atom is 0.0578 e. The minimum absolute atomic E-state index is 0.162. The van der Waals surface area contributed by atoms with Crippen LogP contribution >= 0.6 is 0 Å². The lowest BCUT2D eigenvalue weighted by Gasteiger charge is -2.19. The molecule has 74 valence electrons. The Morgan fingerprint density at radius 2 is 2.00 bits per heavy atom. The third-order valence-electron chi connectivity index (χ3n) is 1.84. The molecule has 4 heteroatoms. The van der Waals surface area contributed by atoms with Gasteiger partial charge in [0.2, 0.25) is 0 Å². The zero-order valence-electron chi connectivity index (χ0n) is 8.21. The molecule has 0 spiro atoms. The van der Waals surface area contributed by atoms with E-state index in [1.54, 1.807) is 0 Å². The van der Waals surface area contributed by atoms with E-state index in [9.17, 15) is 0 Å². The van der Waals surface area contributed by atoms with Gasteiger partial charge in [0.25, 0.3) is 0 Å². The van der Waals surface area contributed by atoms with Crippen LogP contribution in [0.15, 0.2) is 0 Å². The molecule has 5 N–H and O–H groups in total. The Morgan fingerprint density at radius 1 is 1.33 bits per heavy atom. The van der Waals surface area contributed by atoms with Crippen LogP contribution in [0.3, 0.4) is 0 Å². The number of hydrogen-bond donors (Lipinski definition) is 3. The molecule has 0 aliphatic rings. The Hall–Kier alpha value is -0.160. The maximum absolute atomic E-state index is 5.79. The number of hydrogen-bond acceptors (Lipinski definition) is 4. The van der Waals surface area contributed by atoms with Crippen LogP contribution in [-0.2, 0) is 0 Å². The molecule has 0 aliphatic heterocycles. The molecular weight excluding hydrogens is 152 g/mol. The highest BCUT2D eigenvalue weighted by atomic mass is 15.2. The van der Waals surface area contributed by atoms with Crippen LogP contribution in [0.2, 0.25) is 0 Å². The molecule has 0 saturated heterocycles. The van der Waals surface area contributed by atoms with Gasteiger partial charge in [0.15, 0.2) is 0 Å². The molecular formula is C8H22N4. The Bertz CT molecular complexity index is 95.1. The highest BCUT2D eigenvalue weighted by Crippen LogP contribution is 1.88. The van der Waals surface area contributed by atoms with Crippen LogP contribution in [-0.4, -0.2) is 44.8 Å². The van der Waals surface area contributed by atoms with Crippen LogP contribution in [0.1, 0.15) is 12.8 Å². The van der Waals surface area contributed by atoms with Crippen molar-refractivity contribution in [1.82, 2.24) is 10.2 Å². The lowest BCUT2D eigenvalue weighted by Crippen LogP contribution is -2.38. The minimum atomic E-state index is 0.162. The van der Waals surface area contributed by atoms with Gasteiger partial charge in [-0.05, 0) is 46.6 Å². The summed E-state index contributed by atoms with van der Waals surface area (Å²) in [5.74, 6) is 0. The molecule has 0 bridgehead atoms. The van der Waals surface area contributed by atoms with Crippen LogP contribution < -0.4 is 16.8 Å². The molecule has 0 aliphatic carbocycles. The Balaban J connectivity index is 3.08. The van der Waals surface area contributed by atoms with Crippen molar-refractivity contribution in [3.8, 4) is 0 Å². The average molecular weight is 174 g/mol. The second kappa shape index (κ2) is 7.49. The summed E-state index contributed by atoms with van der Waals surface area (Å²) in [6, 6.07) is 0. The van der Waals surface area contributed by atoms with E-state index in [1.165, 1.54) is 0 Å². The first kappa shape index (κ1) is 11.8. The third kappa shape index (κ3) is 6.54. The first-order valence-electron chi connectivity index (χ1n) is 4.51. The van der Waals surface area contributed by atoms with Gasteiger partial charge in [-0.25, -0.2) is 0 Å². The largest absolute Gasteiger partial charge is 0.330 e. The van der Waals surface area contributed by atoms with Crippen molar-refractivity contribution in [2.75, 3.05) is 33.7 Å². The smallest absolute Gasteiger partial charge is 0.0578 e. The van der Waals surface area contributed by atoms with E-state index in [1.807, 2.05) is 19.0 Å². The predicted molar refractivity (Wildman–Crippen MR) is 52.8 cm³/mol. The quantitative estimate of drug-likeness (QED) is 0.348. The summed E-state index contributed by atoms with van der Waals surface area (Å²) in [5, 5.41) is 3.29. The Kier molecular flexibility index (Phi) is 7.39. The molecule has 1 unspecified atom stereocenters. The zero-order valence-corrected chi connectivity index (χ0v) is 8.21. The van der Waals surface area contributed by atoms with Crippen molar-refractivity contribution in [2.45, 2.75) is 19.0 Å². The number of nitrogens with zero attached hydrogens (tertiary/aromatic N) is 1. The highest BCUT2D eigenvalue weighted by Gasteiger charge is 2.02. The van der Waals surface area contributed by atoms with Crippen molar-refractivity contribution in [3.63, 3.8) is 0 Å². The lowest BCUT2D eigenvalue weighted by molar-refractivity contribution is 0.283. The summed E-state index contributed by atoms with van der Waals surface area (Å²) >= 11 is 0. The minimum Gasteiger partial charge on any atom is -0.330 e. The fourth-order valence-corrected chi connectivity index (χ4v) is 0.860. The van der Waals surface area contributed by atoms with Gasteiger partial charge in [-0.3, -0.25) is 4.90 Å². The fraction of sp³-hybridized carbons (Fsp3) is 1.00. The molecule has 0 amide bonds. The van der Waals surface area contributed by atoms with Crippen LogP contribution in [0.25, 0.3) is 0 Å². The molecule has 4 nitrogen and oxygen atoms in total. The van der Waals surface area contributed by atoms with E-state index in [0.717, 1.165) is 32.5 Å². The first-order valence-corrected chi connectivity index (χ1v) is 4.51. The van der Waals surface area contributed by atoms with Gasteiger partial charge >= 0.3 is 0 Å². The van der Waals surface area contributed by atoms with Gasteiger partial charge in [-0.15, -0.1) is 0 Å². The summed E-state index contributed by atoms with van der Waals surface area (Å²) < 4.78 is 0. The van der Waals surface area contributed by atoms with E-state index in [2.05, 4.69) is 5.32 Å². The van der Waals surface area contributed by atoms with E-state index in [4.69, 9.17) is 11.5 Å². The van der Waals surface area contributed by atoms with Gasteiger partial charge in [0.05, 0.1) is 6.17 Å². The molecule has 0 fully saturated rings. The second-order valence-electron chi connectivity index (χ2n) is 3.21. The maximum atomic E-state index is 5.79. The highest BCUT2D eigenvalue weighted by molar-refractivity contribution is 4.59. The first-order chi connectivity index (χ1) is 5.68. The average Bonchev–Trinajstić information content (AvgIpc) is 2.03. The van der Waals surface area contributed by atoms with Crippen LogP contribution in [0, 0.1) is 0 Å². The van der Waals surface area contributed by atoms with Crippen LogP contribution in [0.5, 0.6) is 0 Å². The van der Waals surface area contributed by atoms with E-state index in [-0.39, 0.29) is 6.17 Å². The van der Waals surface area contributed by atoms with Gasteiger partial charge in [0, 0.05) is 0 Å². The summed E-state index contributed by atoms with van der Waals surface area (Å²) in [4.78, 5) is 2.02. The van der Waals surface area contributed by atoms with Gasteiger partial charge in [-0.1, -0.05) is 0 Å². The summed E-state index contributed by atoms with van der Waals surface area (Å²) in [7, 11) is 3.98. The summed E-state index contributed by atoms with van der Waals surface area (Å²) in [6.45, 7) is 2.72. The molecule has 1 atom stereocenters. The topological polar surface area (TPSA) is 67.3 Å². The molecule has 0 heterocycles. The normalized spacial score (nSPS) is 13.8. The molecule has 0 aromatic carbocycles. The summed E-state index contributed by atoms with van der Waals surface area (Å²) in [6.07, 6.45) is 2.18. The van der Waals surface area contributed by atoms with Gasteiger partial charge in [0.1, 0.15) is 0 Å². The monoisotopic (exact) mass is 174 g/mol. The molecule has 0 rings (SSSR count). The van der Waals surface area contributed by atoms with Crippen molar-refractivity contribution in [1.29, 1.82) is 0 Å². The summed E-state index contributed by atoms with van der Waals surface area (Å²) in [5.41, 5.74) is 11.1. The Morgan fingerprint density at radius 3 is 2.50 bits per heavy atom. The van der Waals surface area contributed by atoms with E-state index < -0.39 is 0 Å². The standard InChI is InChI=1S/C8H22N4/c1-12(2)8(10)4-7-11-6-3-5-9/h8,11H,3-7,9-10H2,1-2H3. The number of nitrogens with two attached hydrogens (primary N) is 2. The van der Waals surface area contributed by atoms with Gasteiger partial charge < -0.3 is 16.8 Å².